The quantitative estimate of drug-likeness (QED) is 0.836. The zero-order valence-electron chi connectivity index (χ0n) is 12.4. The van der Waals surface area contributed by atoms with E-state index in [0.29, 0.717) is 0 Å². The molecule has 1 aliphatic rings. The van der Waals surface area contributed by atoms with Gasteiger partial charge in [0.2, 0.25) is 0 Å². The average Bonchev–Trinajstić information content (AvgIpc) is 3.06. The molecule has 6 heteroatoms. The molecule has 1 aromatic heterocycles. The molecular formula is C16H19BrN4O. The van der Waals surface area contributed by atoms with E-state index in [1.807, 2.05) is 46.1 Å². The van der Waals surface area contributed by atoms with E-state index in [4.69, 9.17) is 0 Å². The van der Waals surface area contributed by atoms with E-state index in [2.05, 4.69) is 25.9 Å². The summed E-state index contributed by atoms with van der Waals surface area (Å²) in [4.78, 5) is 16.8. The summed E-state index contributed by atoms with van der Waals surface area (Å²) in [6, 6.07) is 9.53. The average molecular weight is 363 g/mol. The zero-order chi connectivity index (χ0) is 15.4. The summed E-state index contributed by atoms with van der Waals surface area (Å²) in [6.45, 7) is 5.27. The molecule has 0 unspecified atom stereocenters. The number of hydrogen-bond donors (Lipinski definition) is 0. The van der Waals surface area contributed by atoms with Crippen molar-refractivity contribution in [3.63, 3.8) is 0 Å². The first-order valence-electron chi connectivity index (χ1n) is 7.47. The number of nitrogens with zero attached hydrogens (tertiary/aromatic N) is 4. The molecule has 1 fully saturated rings. The highest BCUT2D eigenvalue weighted by molar-refractivity contribution is 9.10. The lowest BCUT2D eigenvalue weighted by molar-refractivity contribution is 0.0632. The molecule has 0 spiro atoms. The Morgan fingerprint density at radius 1 is 1.14 bits per heavy atom. The van der Waals surface area contributed by atoms with Crippen LogP contribution in [-0.4, -0.2) is 58.2 Å². The van der Waals surface area contributed by atoms with Crippen molar-refractivity contribution in [2.45, 2.75) is 6.54 Å². The number of carbonyl (C=O) groups excluding carboxylic acids is 1. The lowest BCUT2D eigenvalue weighted by atomic mass is 10.2. The predicted octanol–water partition coefficient (Wildman–Crippen LogP) is 2.10. The number of hydrogen-bond acceptors (Lipinski definition) is 3. The van der Waals surface area contributed by atoms with Gasteiger partial charge < -0.3 is 4.90 Å². The molecule has 1 aromatic carbocycles. The number of benzene rings is 1. The van der Waals surface area contributed by atoms with E-state index in [0.717, 1.165) is 49.3 Å². The van der Waals surface area contributed by atoms with Crippen LogP contribution in [0.1, 0.15) is 10.4 Å². The fraction of sp³-hybridized carbons (Fsp3) is 0.375. The third-order valence-electron chi connectivity index (χ3n) is 3.94. The summed E-state index contributed by atoms with van der Waals surface area (Å²) < 4.78 is 2.88. The molecule has 22 heavy (non-hydrogen) atoms. The molecule has 5 nitrogen and oxygen atoms in total. The second-order valence-corrected chi connectivity index (χ2v) is 6.33. The van der Waals surface area contributed by atoms with E-state index in [-0.39, 0.29) is 5.91 Å². The molecule has 1 aliphatic heterocycles. The maximum atomic E-state index is 12.5. The molecule has 0 atom stereocenters. The largest absolute Gasteiger partial charge is 0.336 e. The highest BCUT2D eigenvalue weighted by Crippen LogP contribution is 2.14. The number of piperazine rings is 1. The predicted molar refractivity (Wildman–Crippen MR) is 88.7 cm³/mol. The summed E-state index contributed by atoms with van der Waals surface area (Å²) >= 11 is 3.42. The molecule has 3 rings (SSSR count). The van der Waals surface area contributed by atoms with Crippen LogP contribution in [0.15, 0.2) is 47.2 Å². The van der Waals surface area contributed by atoms with Crippen molar-refractivity contribution in [2.75, 3.05) is 32.7 Å². The van der Waals surface area contributed by atoms with Crippen molar-refractivity contribution in [1.82, 2.24) is 19.6 Å². The number of halogens is 1. The Bertz CT molecular complexity index is 621. The van der Waals surface area contributed by atoms with Crippen LogP contribution in [0.25, 0.3) is 0 Å². The van der Waals surface area contributed by atoms with Gasteiger partial charge in [-0.25, -0.2) is 0 Å². The van der Waals surface area contributed by atoms with Crippen molar-refractivity contribution in [1.29, 1.82) is 0 Å². The molecule has 0 N–H and O–H groups in total. The van der Waals surface area contributed by atoms with Gasteiger partial charge in [0.15, 0.2) is 0 Å². The molecule has 2 aromatic rings. The van der Waals surface area contributed by atoms with E-state index in [9.17, 15) is 4.79 Å². The standard InChI is InChI=1S/C16H19BrN4O/c17-15-4-1-3-14(13-15)16(22)20-10-7-19(8-11-20)9-12-21-6-2-5-18-21/h1-6,13H,7-12H2. The lowest BCUT2D eigenvalue weighted by Crippen LogP contribution is -2.49. The summed E-state index contributed by atoms with van der Waals surface area (Å²) in [6.07, 6.45) is 3.78. The van der Waals surface area contributed by atoms with Crippen molar-refractivity contribution >= 4 is 21.8 Å². The Morgan fingerprint density at radius 2 is 1.95 bits per heavy atom. The summed E-state index contributed by atoms with van der Waals surface area (Å²) in [5, 5.41) is 4.21. The Kier molecular flexibility index (Phi) is 4.90. The van der Waals surface area contributed by atoms with Gasteiger partial charge >= 0.3 is 0 Å². The maximum Gasteiger partial charge on any atom is 0.253 e. The lowest BCUT2D eigenvalue weighted by Gasteiger charge is -2.34. The fourth-order valence-corrected chi connectivity index (χ4v) is 3.05. The minimum Gasteiger partial charge on any atom is -0.336 e. The van der Waals surface area contributed by atoms with Gasteiger partial charge in [0.1, 0.15) is 0 Å². The highest BCUT2D eigenvalue weighted by atomic mass is 79.9. The van der Waals surface area contributed by atoms with Crippen molar-refractivity contribution in [3.05, 3.63) is 52.8 Å². The summed E-state index contributed by atoms with van der Waals surface area (Å²) in [5.41, 5.74) is 0.749. The van der Waals surface area contributed by atoms with Crippen LogP contribution >= 0.6 is 15.9 Å². The van der Waals surface area contributed by atoms with Crippen molar-refractivity contribution < 1.29 is 4.79 Å². The van der Waals surface area contributed by atoms with Crippen LogP contribution < -0.4 is 0 Å². The van der Waals surface area contributed by atoms with Crippen LogP contribution in [0.3, 0.4) is 0 Å². The first kappa shape index (κ1) is 15.2. The Labute approximate surface area is 138 Å². The topological polar surface area (TPSA) is 41.4 Å². The second kappa shape index (κ2) is 7.07. The van der Waals surface area contributed by atoms with Crippen LogP contribution in [0.4, 0.5) is 0 Å². The molecule has 1 amide bonds. The van der Waals surface area contributed by atoms with E-state index < -0.39 is 0 Å². The summed E-state index contributed by atoms with van der Waals surface area (Å²) in [7, 11) is 0. The van der Waals surface area contributed by atoms with Crippen LogP contribution in [-0.2, 0) is 6.54 Å². The zero-order valence-corrected chi connectivity index (χ0v) is 13.9. The molecule has 2 heterocycles. The maximum absolute atomic E-state index is 12.5. The molecular weight excluding hydrogens is 344 g/mol. The second-order valence-electron chi connectivity index (χ2n) is 5.41. The van der Waals surface area contributed by atoms with Crippen LogP contribution in [0.2, 0.25) is 0 Å². The van der Waals surface area contributed by atoms with Gasteiger partial charge in [-0.1, -0.05) is 22.0 Å². The van der Waals surface area contributed by atoms with Gasteiger partial charge in [-0.3, -0.25) is 14.4 Å². The monoisotopic (exact) mass is 362 g/mol. The van der Waals surface area contributed by atoms with Gasteiger partial charge in [0.05, 0.1) is 6.54 Å². The van der Waals surface area contributed by atoms with Gasteiger partial charge in [-0.15, -0.1) is 0 Å². The molecule has 0 aliphatic carbocycles. The number of amides is 1. The SMILES string of the molecule is O=C(c1cccc(Br)c1)N1CCN(CCn2cccn2)CC1. The number of aromatic nitrogens is 2. The van der Waals surface area contributed by atoms with E-state index >= 15 is 0 Å². The van der Waals surface area contributed by atoms with E-state index in [1.54, 1.807) is 6.20 Å². The minimum absolute atomic E-state index is 0.119. The van der Waals surface area contributed by atoms with Gasteiger partial charge in [0.25, 0.3) is 5.91 Å². The normalized spacial score (nSPS) is 16.0. The minimum atomic E-state index is 0.119. The first-order valence-corrected chi connectivity index (χ1v) is 8.26. The Balaban J connectivity index is 1.50. The van der Waals surface area contributed by atoms with Gasteiger partial charge in [-0.2, -0.15) is 5.10 Å². The summed E-state index contributed by atoms with van der Waals surface area (Å²) in [5.74, 6) is 0.119. The molecule has 0 bridgehead atoms. The Morgan fingerprint density at radius 3 is 2.64 bits per heavy atom. The number of rotatable bonds is 4. The fourth-order valence-electron chi connectivity index (χ4n) is 2.66. The van der Waals surface area contributed by atoms with Gasteiger partial charge in [0, 0.05) is 55.2 Å². The Hall–Kier alpha value is -1.66. The third-order valence-corrected chi connectivity index (χ3v) is 4.43. The molecule has 0 radical (unpaired) electrons. The van der Waals surface area contributed by atoms with Crippen LogP contribution in [0, 0.1) is 0 Å². The third kappa shape index (κ3) is 3.75. The van der Waals surface area contributed by atoms with Crippen molar-refractivity contribution in [2.24, 2.45) is 0 Å². The first-order chi connectivity index (χ1) is 10.7. The van der Waals surface area contributed by atoms with Crippen LogP contribution in [0.5, 0.6) is 0 Å². The molecule has 116 valence electrons. The smallest absolute Gasteiger partial charge is 0.253 e. The number of carbonyl (C=O) groups is 1. The van der Waals surface area contributed by atoms with Gasteiger partial charge in [-0.05, 0) is 24.3 Å². The van der Waals surface area contributed by atoms with Crippen molar-refractivity contribution in [3.8, 4) is 0 Å². The van der Waals surface area contributed by atoms with E-state index in [1.165, 1.54) is 0 Å². The molecule has 1 saturated heterocycles. The molecule has 0 saturated carbocycles. The highest BCUT2D eigenvalue weighted by Gasteiger charge is 2.21.